The molecular formula is C9H15Cl. The van der Waals surface area contributed by atoms with Gasteiger partial charge in [0.2, 0.25) is 0 Å². The number of alkyl halides is 1. The molecule has 3 atom stereocenters. The molecule has 1 unspecified atom stereocenters. The molecule has 0 spiro atoms. The summed E-state index contributed by atoms with van der Waals surface area (Å²) in [7, 11) is 0. The van der Waals surface area contributed by atoms with Crippen LogP contribution in [0.25, 0.3) is 0 Å². The Kier molecular flexibility index (Phi) is 1.33. The number of hydrogen-bond donors (Lipinski definition) is 0. The van der Waals surface area contributed by atoms with Gasteiger partial charge in [-0.1, -0.05) is 13.8 Å². The summed E-state index contributed by atoms with van der Waals surface area (Å²) in [6, 6.07) is 0. The van der Waals surface area contributed by atoms with Crippen LogP contribution in [0.3, 0.4) is 0 Å². The molecule has 10 heavy (non-hydrogen) atoms. The quantitative estimate of drug-likeness (QED) is 0.476. The lowest BCUT2D eigenvalue weighted by Gasteiger charge is -2.24. The van der Waals surface area contributed by atoms with Crippen molar-refractivity contribution < 1.29 is 0 Å². The lowest BCUT2D eigenvalue weighted by molar-refractivity contribution is 0.260. The van der Waals surface area contributed by atoms with Crippen molar-refractivity contribution in [2.45, 2.75) is 38.5 Å². The summed E-state index contributed by atoms with van der Waals surface area (Å²) in [5.41, 5.74) is 0.562. The fourth-order valence-corrected chi connectivity index (χ4v) is 3.60. The smallest absolute Gasteiger partial charge is 0.0372 e. The van der Waals surface area contributed by atoms with Crippen LogP contribution in [0.5, 0.6) is 0 Å². The monoisotopic (exact) mass is 158 g/mol. The molecule has 2 fully saturated rings. The van der Waals surface area contributed by atoms with E-state index < -0.39 is 0 Å². The zero-order valence-corrected chi connectivity index (χ0v) is 7.49. The third-order valence-electron chi connectivity index (χ3n) is 3.78. The molecule has 0 aromatic rings. The summed E-state index contributed by atoms with van der Waals surface area (Å²) in [5, 5.41) is 0.494. The molecule has 2 aliphatic rings. The highest BCUT2D eigenvalue weighted by Crippen LogP contribution is 2.58. The van der Waals surface area contributed by atoms with Crippen molar-refractivity contribution in [3.63, 3.8) is 0 Å². The average molecular weight is 159 g/mol. The Labute approximate surface area is 68.0 Å². The van der Waals surface area contributed by atoms with Gasteiger partial charge in [-0.2, -0.15) is 0 Å². The third-order valence-corrected chi connectivity index (χ3v) is 4.26. The fraction of sp³-hybridized carbons (Fsp3) is 1.00. The molecule has 2 saturated carbocycles. The van der Waals surface area contributed by atoms with Crippen molar-refractivity contribution >= 4 is 11.6 Å². The van der Waals surface area contributed by atoms with E-state index in [0.717, 1.165) is 11.8 Å². The largest absolute Gasteiger partial charge is 0.123 e. The van der Waals surface area contributed by atoms with Crippen LogP contribution >= 0.6 is 11.6 Å². The zero-order chi connectivity index (χ0) is 7.35. The molecule has 0 amide bonds. The number of halogens is 1. The molecule has 0 aromatic heterocycles. The normalized spacial score (nSPS) is 50.1. The van der Waals surface area contributed by atoms with E-state index in [-0.39, 0.29) is 0 Å². The number of rotatable bonds is 0. The second kappa shape index (κ2) is 1.91. The van der Waals surface area contributed by atoms with Crippen molar-refractivity contribution in [1.29, 1.82) is 0 Å². The molecule has 2 aliphatic carbocycles. The Bertz CT molecular complexity index is 151. The van der Waals surface area contributed by atoms with E-state index in [9.17, 15) is 0 Å². The standard InChI is InChI=1S/C9H15Cl/c1-9(2)6-3-4-7(9)8(10)5-6/h6-8H,3-5H2,1-2H3/t6-,7+,8?/m0/s1. The molecule has 0 radical (unpaired) electrons. The van der Waals surface area contributed by atoms with Crippen LogP contribution in [0.2, 0.25) is 0 Å². The van der Waals surface area contributed by atoms with Crippen molar-refractivity contribution in [3.8, 4) is 0 Å². The molecule has 0 heterocycles. The molecule has 0 aromatic carbocycles. The van der Waals surface area contributed by atoms with Gasteiger partial charge in [-0.15, -0.1) is 11.6 Å². The number of hydrogen-bond acceptors (Lipinski definition) is 0. The van der Waals surface area contributed by atoms with Crippen LogP contribution in [-0.4, -0.2) is 5.38 Å². The first kappa shape index (κ1) is 6.97. The molecule has 0 nitrogen and oxygen atoms in total. The molecule has 58 valence electrons. The van der Waals surface area contributed by atoms with Crippen LogP contribution < -0.4 is 0 Å². The predicted molar refractivity (Wildman–Crippen MR) is 44.3 cm³/mol. The molecule has 0 aliphatic heterocycles. The van der Waals surface area contributed by atoms with E-state index in [2.05, 4.69) is 13.8 Å². The van der Waals surface area contributed by atoms with Crippen molar-refractivity contribution in [2.24, 2.45) is 17.3 Å². The van der Waals surface area contributed by atoms with Crippen LogP contribution in [0.15, 0.2) is 0 Å². The van der Waals surface area contributed by atoms with Crippen LogP contribution in [0, 0.1) is 17.3 Å². The molecule has 0 saturated heterocycles. The summed E-state index contributed by atoms with van der Waals surface area (Å²) in [5.74, 6) is 1.75. The zero-order valence-electron chi connectivity index (χ0n) is 6.73. The van der Waals surface area contributed by atoms with Gasteiger partial charge in [0.1, 0.15) is 0 Å². The number of fused-ring (bicyclic) bond motifs is 2. The minimum Gasteiger partial charge on any atom is -0.123 e. The van der Waals surface area contributed by atoms with Gasteiger partial charge < -0.3 is 0 Å². The Morgan fingerprint density at radius 3 is 2.20 bits per heavy atom. The minimum absolute atomic E-state index is 0.494. The van der Waals surface area contributed by atoms with Crippen LogP contribution in [0.4, 0.5) is 0 Å². The molecule has 2 bridgehead atoms. The first-order valence-electron chi connectivity index (χ1n) is 4.26. The van der Waals surface area contributed by atoms with Gasteiger partial charge in [-0.25, -0.2) is 0 Å². The minimum atomic E-state index is 0.494. The fourth-order valence-electron chi connectivity index (χ4n) is 2.93. The second-order valence-corrected chi connectivity index (χ2v) is 5.01. The average Bonchev–Trinajstić information content (AvgIpc) is 2.20. The summed E-state index contributed by atoms with van der Waals surface area (Å²) < 4.78 is 0. The van der Waals surface area contributed by atoms with E-state index in [0.29, 0.717) is 10.8 Å². The maximum atomic E-state index is 6.19. The first-order valence-corrected chi connectivity index (χ1v) is 4.70. The SMILES string of the molecule is CC1(C)[C@H]2CC[C@@H]1C(Cl)C2. The highest BCUT2D eigenvalue weighted by molar-refractivity contribution is 6.21. The Morgan fingerprint density at radius 2 is 2.00 bits per heavy atom. The summed E-state index contributed by atoms with van der Waals surface area (Å²) >= 11 is 6.19. The van der Waals surface area contributed by atoms with Gasteiger partial charge in [-0.05, 0) is 36.5 Å². The Hall–Kier alpha value is 0.290. The van der Waals surface area contributed by atoms with Gasteiger partial charge in [0.05, 0.1) is 0 Å². The maximum Gasteiger partial charge on any atom is 0.0372 e. The predicted octanol–water partition coefficient (Wildman–Crippen LogP) is 3.05. The van der Waals surface area contributed by atoms with Gasteiger partial charge in [0.15, 0.2) is 0 Å². The van der Waals surface area contributed by atoms with Crippen molar-refractivity contribution in [3.05, 3.63) is 0 Å². The maximum absolute atomic E-state index is 6.19. The highest BCUT2D eigenvalue weighted by Gasteiger charge is 2.52. The molecular weight excluding hydrogens is 144 g/mol. The Balaban J connectivity index is 2.27. The summed E-state index contributed by atoms with van der Waals surface area (Å²) in [4.78, 5) is 0. The topological polar surface area (TPSA) is 0 Å². The van der Waals surface area contributed by atoms with E-state index in [1.807, 2.05) is 0 Å². The van der Waals surface area contributed by atoms with Crippen LogP contribution in [0.1, 0.15) is 33.1 Å². The second-order valence-electron chi connectivity index (χ2n) is 4.45. The first-order chi connectivity index (χ1) is 4.62. The van der Waals surface area contributed by atoms with Gasteiger partial charge in [0, 0.05) is 5.38 Å². The van der Waals surface area contributed by atoms with Crippen molar-refractivity contribution in [1.82, 2.24) is 0 Å². The van der Waals surface area contributed by atoms with Gasteiger partial charge >= 0.3 is 0 Å². The van der Waals surface area contributed by atoms with E-state index >= 15 is 0 Å². The van der Waals surface area contributed by atoms with Gasteiger partial charge in [0.25, 0.3) is 0 Å². The molecule has 2 rings (SSSR count). The van der Waals surface area contributed by atoms with E-state index in [1.54, 1.807) is 0 Å². The van der Waals surface area contributed by atoms with E-state index in [4.69, 9.17) is 11.6 Å². The highest BCUT2D eigenvalue weighted by atomic mass is 35.5. The van der Waals surface area contributed by atoms with Crippen LogP contribution in [-0.2, 0) is 0 Å². The molecule has 1 heteroatoms. The Morgan fingerprint density at radius 1 is 1.30 bits per heavy atom. The molecule has 0 N–H and O–H groups in total. The lowest BCUT2D eigenvalue weighted by atomic mass is 9.82. The van der Waals surface area contributed by atoms with Crippen molar-refractivity contribution in [2.75, 3.05) is 0 Å². The summed E-state index contributed by atoms with van der Waals surface area (Å²) in [6.45, 7) is 4.77. The van der Waals surface area contributed by atoms with E-state index in [1.165, 1.54) is 19.3 Å². The third kappa shape index (κ3) is 0.689. The van der Waals surface area contributed by atoms with Gasteiger partial charge in [-0.3, -0.25) is 0 Å². The summed E-state index contributed by atoms with van der Waals surface area (Å²) in [6.07, 6.45) is 4.09. The lowest BCUT2D eigenvalue weighted by Crippen LogP contribution is -2.19.